The van der Waals surface area contributed by atoms with Crippen LogP contribution in [0.1, 0.15) is 11.1 Å². The Morgan fingerprint density at radius 2 is 2.09 bits per heavy atom. The minimum Gasteiger partial charge on any atom is -0.503 e. The van der Waals surface area contributed by atoms with E-state index in [9.17, 15) is 9.90 Å². The van der Waals surface area contributed by atoms with Gasteiger partial charge in [0.1, 0.15) is 0 Å². The van der Waals surface area contributed by atoms with Gasteiger partial charge in [-0.05, 0) is 80.5 Å². The van der Waals surface area contributed by atoms with Crippen molar-refractivity contribution >= 4 is 61.8 Å². The maximum absolute atomic E-state index is 12.2. The van der Waals surface area contributed by atoms with Gasteiger partial charge in [0.25, 0.3) is 5.91 Å². The van der Waals surface area contributed by atoms with Crippen molar-refractivity contribution in [2.45, 2.75) is 0 Å². The number of ether oxygens (including phenoxy) is 1. The molecule has 1 amide bonds. The molecule has 0 aromatic heterocycles. The minimum atomic E-state index is -0.139. The second kappa shape index (κ2) is 5.92. The molecule has 2 aromatic carbocycles. The van der Waals surface area contributed by atoms with E-state index in [1.807, 2.05) is 18.2 Å². The van der Waals surface area contributed by atoms with E-state index in [0.29, 0.717) is 15.8 Å². The summed E-state index contributed by atoms with van der Waals surface area (Å²) in [6.45, 7) is 0. The van der Waals surface area contributed by atoms with Crippen LogP contribution in [-0.4, -0.2) is 18.1 Å². The molecule has 0 unspecified atom stereocenters. The van der Waals surface area contributed by atoms with Gasteiger partial charge in [0.2, 0.25) is 0 Å². The van der Waals surface area contributed by atoms with Gasteiger partial charge in [-0.1, -0.05) is 0 Å². The summed E-state index contributed by atoms with van der Waals surface area (Å²) in [5.74, 6) is 0.248. The van der Waals surface area contributed by atoms with Crippen LogP contribution in [0.3, 0.4) is 0 Å². The molecule has 0 fully saturated rings. The molecule has 2 N–H and O–H groups in total. The lowest BCUT2D eigenvalue weighted by Crippen LogP contribution is -2.03. The number of rotatable bonds is 2. The number of anilines is 1. The van der Waals surface area contributed by atoms with Crippen LogP contribution in [0.15, 0.2) is 34.8 Å². The highest BCUT2D eigenvalue weighted by Gasteiger charge is 2.24. The van der Waals surface area contributed by atoms with Crippen molar-refractivity contribution in [1.29, 1.82) is 0 Å². The summed E-state index contributed by atoms with van der Waals surface area (Å²) in [5, 5.41) is 12.7. The molecule has 0 radical (unpaired) electrons. The molecular formula is C16H11BrINO3. The Labute approximate surface area is 149 Å². The van der Waals surface area contributed by atoms with Gasteiger partial charge >= 0.3 is 0 Å². The van der Waals surface area contributed by atoms with E-state index in [-0.39, 0.29) is 11.7 Å². The third kappa shape index (κ3) is 2.72. The first-order valence-electron chi connectivity index (χ1n) is 6.39. The quantitative estimate of drug-likeness (QED) is 0.508. The zero-order valence-corrected chi connectivity index (χ0v) is 15.2. The molecule has 6 heteroatoms. The fourth-order valence-corrected chi connectivity index (χ4v) is 3.25. The van der Waals surface area contributed by atoms with E-state index >= 15 is 0 Å². The van der Waals surface area contributed by atoms with Crippen molar-refractivity contribution < 1.29 is 14.6 Å². The van der Waals surface area contributed by atoms with Crippen LogP contribution in [0.5, 0.6) is 11.5 Å². The molecule has 2 aromatic rings. The Kier molecular flexibility index (Phi) is 4.14. The summed E-state index contributed by atoms with van der Waals surface area (Å²) in [6.07, 6.45) is 1.78. The lowest BCUT2D eigenvalue weighted by Gasteiger charge is -2.07. The van der Waals surface area contributed by atoms with Crippen LogP contribution < -0.4 is 10.1 Å². The molecule has 0 aliphatic carbocycles. The van der Waals surface area contributed by atoms with E-state index in [2.05, 4.69) is 43.8 Å². The van der Waals surface area contributed by atoms with Crippen LogP contribution in [0, 0.1) is 3.57 Å². The number of carbonyl (C=O) groups is 1. The third-order valence-corrected chi connectivity index (χ3v) is 4.62. The molecule has 22 heavy (non-hydrogen) atoms. The summed E-state index contributed by atoms with van der Waals surface area (Å²) in [5.41, 5.74) is 3.04. The molecule has 1 aliphatic heterocycles. The molecule has 0 atom stereocenters. The molecule has 0 spiro atoms. The highest BCUT2D eigenvalue weighted by atomic mass is 127. The fraction of sp³-hybridized carbons (Fsp3) is 0.0625. The van der Waals surface area contributed by atoms with Gasteiger partial charge in [0, 0.05) is 20.4 Å². The van der Waals surface area contributed by atoms with E-state index < -0.39 is 0 Å². The molecule has 1 aliphatic rings. The first-order chi connectivity index (χ1) is 10.5. The largest absolute Gasteiger partial charge is 0.503 e. The van der Waals surface area contributed by atoms with Crippen molar-refractivity contribution in [3.8, 4) is 11.5 Å². The number of nitrogens with one attached hydrogen (secondary N) is 1. The highest BCUT2D eigenvalue weighted by molar-refractivity contribution is 14.1. The van der Waals surface area contributed by atoms with Gasteiger partial charge < -0.3 is 15.2 Å². The van der Waals surface area contributed by atoms with Crippen molar-refractivity contribution in [3.63, 3.8) is 0 Å². The van der Waals surface area contributed by atoms with E-state index in [0.717, 1.165) is 20.4 Å². The fourth-order valence-electron chi connectivity index (χ4n) is 2.30. The van der Waals surface area contributed by atoms with Crippen LogP contribution in [-0.2, 0) is 4.79 Å². The van der Waals surface area contributed by atoms with Gasteiger partial charge in [-0.25, -0.2) is 0 Å². The average molecular weight is 472 g/mol. The standard InChI is InChI=1S/C16H11BrINO3/c1-22-14-6-8(5-12(17)15(14)20)4-11-10-7-9(18)2-3-13(10)19-16(11)21/h2-7,20H,1H3,(H,19,21). The molecular weight excluding hydrogens is 461 g/mol. The van der Waals surface area contributed by atoms with Gasteiger partial charge in [0.05, 0.1) is 11.6 Å². The van der Waals surface area contributed by atoms with Gasteiger partial charge in [-0.15, -0.1) is 0 Å². The topological polar surface area (TPSA) is 58.6 Å². The zero-order valence-electron chi connectivity index (χ0n) is 11.5. The molecule has 0 bridgehead atoms. The Hall–Kier alpha value is -1.54. The molecule has 1 heterocycles. The number of methoxy groups -OCH3 is 1. The van der Waals surface area contributed by atoms with Gasteiger partial charge in [-0.2, -0.15) is 0 Å². The minimum absolute atomic E-state index is 0.0375. The normalized spacial score (nSPS) is 14.9. The first kappa shape index (κ1) is 15.4. The van der Waals surface area contributed by atoms with Crippen LogP contribution in [0.25, 0.3) is 11.6 Å². The Morgan fingerprint density at radius 1 is 1.32 bits per heavy atom. The number of phenolic OH excluding ortho intramolecular Hbond substituents is 1. The monoisotopic (exact) mass is 471 g/mol. The molecule has 112 valence electrons. The number of phenols is 1. The maximum atomic E-state index is 12.2. The number of carbonyl (C=O) groups excluding carboxylic acids is 1. The summed E-state index contributed by atoms with van der Waals surface area (Å²) in [7, 11) is 1.48. The summed E-state index contributed by atoms with van der Waals surface area (Å²) in [6, 6.07) is 9.23. The number of aromatic hydroxyl groups is 1. The summed E-state index contributed by atoms with van der Waals surface area (Å²) < 4.78 is 6.71. The number of hydrogen-bond donors (Lipinski definition) is 2. The molecule has 3 rings (SSSR count). The summed E-state index contributed by atoms with van der Waals surface area (Å²) in [4.78, 5) is 12.2. The van der Waals surface area contributed by atoms with Crippen molar-refractivity contribution in [2.24, 2.45) is 0 Å². The van der Waals surface area contributed by atoms with Gasteiger partial charge in [-0.3, -0.25) is 4.79 Å². The number of hydrogen-bond acceptors (Lipinski definition) is 3. The van der Waals surface area contributed by atoms with E-state index in [1.54, 1.807) is 18.2 Å². The van der Waals surface area contributed by atoms with Crippen molar-refractivity contribution in [2.75, 3.05) is 12.4 Å². The Bertz CT molecular complexity index is 817. The molecule has 0 saturated heterocycles. The second-order valence-corrected chi connectivity index (χ2v) is 6.86. The molecule has 4 nitrogen and oxygen atoms in total. The number of amides is 1. The van der Waals surface area contributed by atoms with Crippen LogP contribution >= 0.6 is 38.5 Å². The first-order valence-corrected chi connectivity index (χ1v) is 8.26. The lowest BCUT2D eigenvalue weighted by molar-refractivity contribution is -0.110. The third-order valence-electron chi connectivity index (χ3n) is 3.35. The number of halogens is 2. The van der Waals surface area contributed by atoms with Crippen molar-refractivity contribution in [3.05, 3.63) is 49.5 Å². The Morgan fingerprint density at radius 3 is 2.82 bits per heavy atom. The average Bonchev–Trinajstić information content (AvgIpc) is 2.78. The molecule has 0 saturated carbocycles. The predicted molar refractivity (Wildman–Crippen MR) is 98.0 cm³/mol. The second-order valence-electron chi connectivity index (χ2n) is 4.76. The predicted octanol–water partition coefficient (Wildman–Crippen LogP) is 4.26. The highest BCUT2D eigenvalue weighted by Crippen LogP contribution is 2.38. The van der Waals surface area contributed by atoms with E-state index in [4.69, 9.17) is 4.74 Å². The number of benzene rings is 2. The van der Waals surface area contributed by atoms with E-state index in [1.165, 1.54) is 7.11 Å². The van der Waals surface area contributed by atoms with Crippen molar-refractivity contribution in [1.82, 2.24) is 0 Å². The van der Waals surface area contributed by atoms with Crippen LogP contribution in [0.4, 0.5) is 5.69 Å². The maximum Gasteiger partial charge on any atom is 0.256 e. The summed E-state index contributed by atoms with van der Waals surface area (Å²) >= 11 is 5.50. The zero-order chi connectivity index (χ0) is 15.9. The van der Waals surface area contributed by atoms with Gasteiger partial charge in [0.15, 0.2) is 11.5 Å². The SMILES string of the molecule is COc1cc(C=C2C(=O)Nc3ccc(I)cc32)cc(Br)c1O. The van der Waals surface area contributed by atoms with Crippen LogP contribution in [0.2, 0.25) is 0 Å². The lowest BCUT2D eigenvalue weighted by atomic mass is 10.0. The smallest absolute Gasteiger partial charge is 0.256 e. The number of fused-ring (bicyclic) bond motifs is 1. The Balaban J connectivity index is 2.12.